The third-order valence-electron chi connectivity index (χ3n) is 3.66. The molecule has 0 unspecified atom stereocenters. The lowest BCUT2D eigenvalue weighted by Gasteiger charge is -2.07. The Morgan fingerprint density at radius 3 is 2.50 bits per heavy atom. The van der Waals surface area contributed by atoms with E-state index in [1.54, 1.807) is 24.3 Å². The molecule has 1 aromatic heterocycles. The largest absolute Gasteiger partial charge is 0.494 e. The minimum Gasteiger partial charge on any atom is -0.494 e. The zero-order chi connectivity index (χ0) is 20.4. The number of nitrogens with zero attached hydrogens (tertiary/aromatic N) is 1. The monoisotopic (exact) mass is 409 g/mol. The van der Waals surface area contributed by atoms with Crippen molar-refractivity contribution < 1.29 is 27.3 Å². The highest BCUT2D eigenvalue weighted by Gasteiger charge is 2.13. The van der Waals surface area contributed by atoms with Crippen molar-refractivity contribution in [1.82, 2.24) is 15.2 Å². The number of aromatic nitrogens is 1. The quantitative estimate of drug-likeness (QED) is 0.399. The molecule has 0 atom stereocenters. The Bertz CT molecular complexity index is 863. The normalized spacial score (nSPS) is 11.2. The predicted octanol–water partition coefficient (Wildman–Crippen LogP) is 1.27. The highest BCUT2D eigenvalue weighted by Crippen LogP contribution is 2.14. The second-order valence-corrected chi connectivity index (χ2v) is 7.68. The molecule has 1 aromatic carbocycles. The van der Waals surface area contributed by atoms with Crippen LogP contribution in [0.3, 0.4) is 0 Å². The van der Waals surface area contributed by atoms with Crippen molar-refractivity contribution in [3.8, 4) is 5.75 Å². The molecule has 152 valence electrons. The van der Waals surface area contributed by atoms with Crippen LogP contribution in [0.1, 0.15) is 35.8 Å². The first-order valence-electron chi connectivity index (χ1n) is 8.79. The van der Waals surface area contributed by atoms with Gasteiger partial charge in [0.25, 0.3) is 0 Å². The highest BCUT2D eigenvalue weighted by atomic mass is 32.2. The van der Waals surface area contributed by atoms with Gasteiger partial charge in [-0.1, -0.05) is 5.16 Å². The molecule has 10 heteroatoms. The lowest BCUT2D eigenvalue weighted by Crippen LogP contribution is -2.35. The number of Topliss-reactive ketones (excluding diaryl/α,β-unsaturated/α-hetero) is 1. The van der Waals surface area contributed by atoms with Gasteiger partial charge >= 0.3 is 0 Å². The highest BCUT2D eigenvalue weighted by molar-refractivity contribution is 7.88. The molecule has 0 aliphatic rings. The van der Waals surface area contributed by atoms with Crippen LogP contribution < -0.4 is 14.8 Å². The lowest BCUT2D eigenvalue weighted by atomic mass is 10.1. The summed E-state index contributed by atoms with van der Waals surface area (Å²) in [6.07, 6.45) is 1.38. The van der Waals surface area contributed by atoms with Crippen LogP contribution in [0.15, 0.2) is 41.1 Å². The molecule has 0 aliphatic carbocycles. The fourth-order valence-electron chi connectivity index (χ4n) is 2.33. The Balaban J connectivity index is 1.64. The predicted molar refractivity (Wildman–Crippen MR) is 101 cm³/mol. The molecule has 2 N–H and O–H groups in total. The molecule has 0 fully saturated rings. The first kappa shape index (κ1) is 21.6. The molecule has 0 saturated carbocycles. The van der Waals surface area contributed by atoms with Gasteiger partial charge in [0.05, 0.1) is 12.3 Å². The van der Waals surface area contributed by atoms with Crippen LogP contribution in [0.5, 0.6) is 5.75 Å². The summed E-state index contributed by atoms with van der Waals surface area (Å²) in [7, 11) is -3.56. The molecule has 2 rings (SSSR count). The molecule has 1 amide bonds. The van der Waals surface area contributed by atoms with Crippen LogP contribution in [0, 0.1) is 0 Å². The third kappa shape index (κ3) is 7.49. The van der Waals surface area contributed by atoms with Crippen LogP contribution >= 0.6 is 0 Å². The van der Waals surface area contributed by atoms with E-state index in [0.717, 1.165) is 0 Å². The summed E-state index contributed by atoms with van der Waals surface area (Å²) in [5, 5.41) is 6.11. The molecule has 1 heterocycles. The first-order valence-corrected chi connectivity index (χ1v) is 10.4. The number of amides is 1. The first-order chi connectivity index (χ1) is 13.4. The topological polar surface area (TPSA) is 128 Å². The van der Waals surface area contributed by atoms with Gasteiger partial charge in [-0.15, -0.1) is 0 Å². The van der Waals surface area contributed by atoms with Crippen molar-refractivity contribution in [2.45, 2.75) is 25.5 Å². The van der Waals surface area contributed by atoms with Crippen molar-refractivity contribution in [1.29, 1.82) is 0 Å². The Morgan fingerprint density at radius 1 is 1.11 bits per heavy atom. The standard InChI is InChI=1S/C18H23N3O6S/c1-2-26-16-5-3-14(4-6-16)17(22)7-8-18(23)19-10-11-20-28(24,25)13-15-9-12-27-21-15/h3-6,9,12,20H,2,7-8,10-11,13H2,1H3,(H,19,23). The molecule has 0 aliphatic heterocycles. The molecular weight excluding hydrogens is 386 g/mol. The van der Waals surface area contributed by atoms with Gasteiger partial charge in [-0.05, 0) is 31.2 Å². The Kier molecular flexibility index (Phi) is 8.15. The second kappa shape index (κ2) is 10.6. The number of hydrogen-bond donors (Lipinski definition) is 2. The summed E-state index contributed by atoms with van der Waals surface area (Å²) in [4.78, 5) is 23.9. The van der Waals surface area contributed by atoms with Crippen molar-refractivity contribution in [3.63, 3.8) is 0 Å². The van der Waals surface area contributed by atoms with E-state index in [1.165, 1.54) is 12.3 Å². The maximum Gasteiger partial charge on any atom is 0.220 e. The molecule has 0 radical (unpaired) electrons. The number of carbonyl (C=O) groups is 2. The number of hydrogen-bond acceptors (Lipinski definition) is 7. The van der Waals surface area contributed by atoms with Crippen LogP contribution in [-0.4, -0.2) is 45.0 Å². The zero-order valence-corrected chi connectivity index (χ0v) is 16.3. The van der Waals surface area contributed by atoms with E-state index >= 15 is 0 Å². The minimum atomic E-state index is -3.56. The van der Waals surface area contributed by atoms with E-state index in [0.29, 0.717) is 23.6 Å². The van der Waals surface area contributed by atoms with Gasteiger partial charge in [-0.2, -0.15) is 0 Å². The summed E-state index contributed by atoms with van der Waals surface area (Å²) in [6.45, 7) is 2.58. The van der Waals surface area contributed by atoms with Crippen molar-refractivity contribution in [2.24, 2.45) is 0 Å². The lowest BCUT2D eigenvalue weighted by molar-refractivity contribution is -0.121. The summed E-state index contributed by atoms with van der Waals surface area (Å²) >= 11 is 0. The van der Waals surface area contributed by atoms with Crippen LogP contribution in [0.2, 0.25) is 0 Å². The van der Waals surface area contributed by atoms with Crippen molar-refractivity contribution >= 4 is 21.7 Å². The number of ether oxygens (including phenoxy) is 1. The Labute approximate surface area is 163 Å². The number of carbonyl (C=O) groups excluding carboxylic acids is 2. The van der Waals surface area contributed by atoms with Gasteiger partial charge in [0.15, 0.2) is 5.78 Å². The maximum absolute atomic E-state index is 12.1. The van der Waals surface area contributed by atoms with E-state index in [9.17, 15) is 18.0 Å². The van der Waals surface area contributed by atoms with Crippen LogP contribution in [-0.2, 0) is 20.6 Å². The fraction of sp³-hybridized carbons (Fsp3) is 0.389. The average Bonchev–Trinajstić information content (AvgIpc) is 3.16. The summed E-state index contributed by atoms with van der Waals surface area (Å²) in [5.74, 6) is -0.0853. The summed E-state index contributed by atoms with van der Waals surface area (Å²) in [5.41, 5.74) is 0.807. The van der Waals surface area contributed by atoms with Crippen LogP contribution in [0.4, 0.5) is 0 Å². The summed E-state index contributed by atoms with van der Waals surface area (Å²) < 4.78 is 35.9. The maximum atomic E-state index is 12.1. The molecule has 0 saturated heterocycles. The van der Waals surface area contributed by atoms with Gasteiger partial charge in [-0.3, -0.25) is 9.59 Å². The Hall–Kier alpha value is -2.72. The molecular formula is C18H23N3O6S. The number of nitrogens with one attached hydrogen (secondary N) is 2. The number of benzene rings is 1. The van der Waals surface area contributed by atoms with Gasteiger partial charge < -0.3 is 14.6 Å². The summed E-state index contributed by atoms with van der Waals surface area (Å²) in [6, 6.07) is 8.20. The zero-order valence-electron chi connectivity index (χ0n) is 15.5. The number of rotatable bonds is 12. The average molecular weight is 409 g/mol. The SMILES string of the molecule is CCOc1ccc(C(=O)CCC(=O)NCCNS(=O)(=O)Cc2ccon2)cc1. The van der Waals surface area contributed by atoms with Crippen LogP contribution in [0.25, 0.3) is 0 Å². The molecule has 0 spiro atoms. The smallest absolute Gasteiger partial charge is 0.220 e. The minimum absolute atomic E-state index is 0.0255. The molecule has 28 heavy (non-hydrogen) atoms. The second-order valence-electron chi connectivity index (χ2n) is 5.87. The van der Waals surface area contributed by atoms with E-state index in [4.69, 9.17) is 4.74 Å². The van der Waals surface area contributed by atoms with E-state index < -0.39 is 10.0 Å². The van der Waals surface area contributed by atoms with E-state index in [1.807, 2.05) is 6.92 Å². The van der Waals surface area contributed by atoms with Crippen molar-refractivity contribution in [3.05, 3.63) is 47.9 Å². The van der Waals surface area contributed by atoms with Gasteiger partial charge in [0.1, 0.15) is 17.8 Å². The molecule has 9 nitrogen and oxygen atoms in total. The number of sulfonamides is 1. The van der Waals surface area contributed by atoms with Gasteiger partial charge in [0.2, 0.25) is 15.9 Å². The van der Waals surface area contributed by atoms with Gasteiger partial charge in [0, 0.05) is 37.6 Å². The van der Waals surface area contributed by atoms with Crippen molar-refractivity contribution in [2.75, 3.05) is 19.7 Å². The molecule has 2 aromatic rings. The fourth-order valence-corrected chi connectivity index (χ4v) is 3.38. The molecule has 0 bridgehead atoms. The number of ketones is 1. The van der Waals surface area contributed by atoms with E-state index in [2.05, 4.69) is 19.7 Å². The van der Waals surface area contributed by atoms with E-state index in [-0.39, 0.29) is 43.4 Å². The Morgan fingerprint density at radius 2 is 1.86 bits per heavy atom. The third-order valence-corrected chi connectivity index (χ3v) is 4.98. The van der Waals surface area contributed by atoms with Gasteiger partial charge in [-0.25, -0.2) is 13.1 Å².